The van der Waals surface area contributed by atoms with Gasteiger partial charge in [0.15, 0.2) is 4.80 Å². The Morgan fingerprint density at radius 3 is 2.50 bits per heavy atom. The second kappa shape index (κ2) is 11.6. The third-order valence-corrected chi connectivity index (χ3v) is 8.20. The molecule has 1 aliphatic rings. The number of allylic oxidation sites excluding steroid dienone is 1. The first-order valence-electron chi connectivity index (χ1n) is 13.7. The molecule has 1 aromatic heterocycles. The van der Waals surface area contributed by atoms with Crippen molar-refractivity contribution >= 4 is 34.2 Å². The lowest BCUT2D eigenvalue weighted by molar-refractivity contribution is -0.139. The Balaban J connectivity index is 1.83. The summed E-state index contributed by atoms with van der Waals surface area (Å²) in [5, 5.41) is 1.90. The maximum absolute atomic E-state index is 14.2. The highest BCUT2D eigenvalue weighted by atomic mass is 32.1. The summed E-state index contributed by atoms with van der Waals surface area (Å²) in [7, 11) is 1.61. The van der Waals surface area contributed by atoms with Crippen LogP contribution in [0.3, 0.4) is 0 Å². The van der Waals surface area contributed by atoms with Gasteiger partial charge in [0.1, 0.15) is 11.8 Å². The van der Waals surface area contributed by atoms with Crippen molar-refractivity contribution < 1.29 is 14.3 Å². The highest BCUT2D eigenvalue weighted by Crippen LogP contribution is 2.41. The molecule has 0 N–H and O–H groups in total. The SMILES string of the molecule is CCCC1=C(C(=O)OCC)C(c2c(OC)ccc3ccccc23)n2c(s/c(=C\c3ccc(C(C)C)cc3)c2=O)=N1. The van der Waals surface area contributed by atoms with Crippen LogP contribution in [0.2, 0.25) is 0 Å². The van der Waals surface area contributed by atoms with Gasteiger partial charge in [0.05, 0.1) is 29.5 Å². The fourth-order valence-electron chi connectivity index (χ4n) is 5.26. The molecule has 1 unspecified atom stereocenters. The van der Waals surface area contributed by atoms with Crippen LogP contribution in [0, 0.1) is 0 Å². The number of thiazole rings is 1. The van der Waals surface area contributed by atoms with E-state index in [-0.39, 0.29) is 12.2 Å². The number of methoxy groups -OCH3 is 1. The molecule has 206 valence electrons. The number of benzene rings is 3. The summed E-state index contributed by atoms with van der Waals surface area (Å²) in [6.07, 6.45) is 3.27. The molecule has 2 heterocycles. The summed E-state index contributed by atoms with van der Waals surface area (Å²) < 4.78 is 13.6. The molecule has 0 saturated heterocycles. The predicted molar refractivity (Wildman–Crippen MR) is 161 cm³/mol. The molecule has 5 rings (SSSR count). The van der Waals surface area contributed by atoms with Crippen molar-refractivity contribution in [3.63, 3.8) is 0 Å². The number of rotatable bonds is 8. The number of carbonyl (C=O) groups is 1. The van der Waals surface area contributed by atoms with Crippen molar-refractivity contribution in [2.45, 2.75) is 52.5 Å². The van der Waals surface area contributed by atoms with Crippen LogP contribution < -0.4 is 19.6 Å². The van der Waals surface area contributed by atoms with E-state index in [1.54, 1.807) is 18.6 Å². The normalized spacial score (nSPS) is 15.3. The van der Waals surface area contributed by atoms with Gasteiger partial charge in [0.25, 0.3) is 5.56 Å². The van der Waals surface area contributed by atoms with Crippen LogP contribution in [-0.2, 0) is 9.53 Å². The standard InChI is InChI=1S/C33H34N2O4S/c1-6-10-25-29(32(37)39-7-2)30(28-24-12-9-8-11-23(24)17-18-26(28)38-5)35-31(36)27(40-33(35)34-25)19-21-13-15-22(16-14-21)20(3)4/h8-9,11-20,30H,6-7,10H2,1-5H3/b27-19-. The van der Waals surface area contributed by atoms with Crippen molar-refractivity contribution in [2.24, 2.45) is 4.99 Å². The van der Waals surface area contributed by atoms with Gasteiger partial charge in [-0.15, -0.1) is 0 Å². The minimum absolute atomic E-state index is 0.200. The molecule has 0 radical (unpaired) electrons. The first-order chi connectivity index (χ1) is 19.4. The number of hydrogen-bond acceptors (Lipinski definition) is 6. The summed E-state index contributed by atoms with van der Waals surface area (Å²) in [4.78, 5) is 33.2. The van der Waals surface area contributed by atoms with Gasteiger partial charge in [-0.25, -0.2) is 9.79 Å². The number of carbonyl (C=O) groups excluding carboxylic acids is 1. The molecular formula is C33H34N2O4S. The molecule has 0 saturated carbocycles. The summed E-state index contributed by atoms with van der Waals surface area (Å²) >= 11 is 1.34. The zero-order chi connectivity index (χ0) is 28.4. The Bertz CT molecular complexity index is 1780. The van der Waals surface area contributed by atoms with Crippen LogP contribution in [0.1, 0.15) is 69.2 Å². The fraction of sp³-hybridized carbons (Fsp3) is 0.303. The van der Waals surface area contributed by atoms with Crippen molar-refractivity contribution in [3.8, 4) is 5.75 Å². The Kier molecular flexibility index (Phi) is 8.03. The van der Waals surface area contributed by atoms with E-state index in [0.717, 1.165) is 28.3 Å². The van der Waals surface area contributed by atoms with Gasteiger partial charge in [-0.05, 0) is 53.3 Å². The lowest BCUT2D eigenvalue weighted by Gasteiger charge is -2.28. The van der Waals surface area contributed by atoms with Gasteiger partial charge in [0.2, 0.25) is 0 Å². The van der Waals surface area contributed by atoms with Crippen LogP contribution in [0.4, 0.5) is 0 Å². The van der Waals surface area contributed by atoms with E-state index in [4.69, 9.17) is 14.5 Å². The zero-order valence-electron chi connectivity index (χ0n) is 23.6. The fourth-order valence-corrected chi connectivity index (χ4v) is 6.28. The zero-order valence-corrected chi connectivity index (χ0v) is 24.4. The van der Waals surface area contributed by atoms with Gasteiger partial charge in [0, 0.05) is 5.56 Å². The first kappa shape index (κ1) is 27.6. The topological polar surface area (TPSA) is 69.9 Å². The molecule has 7 heteroatoms. The van der Waals surface area contributed by atoms with Crippen LogP contribution >= 0.6 is 11.3 Å². The van der Waals surface area contributed by atoms with Crippen molar-refractivity contribution in [2.75, 3.05) is 13.7 Å². The number of esters is 1. The van der Waals surface area contributed by atoms with Gasteiger partial charge in [-0.1, -0.05) is 93.1 Å². The molecule has 0 spiro atoms. The number of hydrogen-bond donors (Lipinski definition) is 0. The second-order valence-electron chi connectivity index (χ2n) is 10.1. The van der Waals surface area contributed by atoms with Gasteiger partial charge < -0.3 is 9.47 Å². The van der Waals surface area contributed by atoms with E-state index >= 15 is 0 Å². The summed E-state index contributed by atoms with van der Waals surface area (Å²) in [6, 6.07) is 19.3. The first-order valence-corrected chi connectivity index (χ1v) is 14.6. The number of aromatic nitrogens is 1. The highest BCUT2D eigenvalue weighted by molar-refractivity contribution is 7.07. The van der Waals surface area contributed by atoms with E-state index in [0.29, 0.717) is 38.7 Å². The Labute approximate surface area is 237 Å². The average Bonchev–Trinajstić information content (AvgIpc) is 3.26. The molecule has 1 atom stereocenters. The van der Waals surface area contributed by atoms with E-state index in [9.17, 15) is 9.59 Å². The molecule has 0 fully saturated rings. The lowest BCUT2D eigenvalue weighted by Crippen LogP contribution is -2.40. The van der Waals surface area contributed by atoms with Crippen molar-refractivity contribution in [3.05, 3.63) is 108 Å². The number of fused-ring (bicyclic) bond motifs is 2. The van der Waals surface area contributed by atoms with Crippen LogP contribution in [-0.4, -0.2) is 24.3 Å². The molecule has 6 nitrogen and oxygen atoms in total. The maximum Gasteiger partial charge on any atom is 0.338 e. The Hall–Kier alpha value is -3.97. The van der Waals surface area contributed by atoms with E-state index < -0.39 is 12.0 Å². The van der Waals surface area contributed by atoms with Crippen molar-refractivity contribution in [1.29, 1.82) is 0 Å². The minimum atomic E-state index is -0.747. The average molecular weight is 555 g/mol. The van der Waals surface area contributed by atoms with Crippen LogP contribution in [0.15, 0.2) is 81.7 Å². The molecule has 4 aromatic rings. The molecule has 0 bridgehead atoms. The van der Waals surface area contributed by atoms with Gasteiger partial charge in [-0.2, -0.15) is 0 Å². The number of nitrogens with zero attached hydrogens (tertiary/aromatic N) is 2. The van der Waals surface area contributed by atoms with E-state index in [2.05, 4.69) is 32.9 Å². The third kappa shape index (κ3) is 5.02. The Morgan fingerprint density at radius 1 is 1.07 bits per heavy atom. The maximum atomic E-state index is 14.2. The monoisotopic (exact) mass is 554 g/mol. The molecule has 3 aromatic carbocycles. The Morgan fingerprint density at radius 2 is 1.82 bits per heavy atom. The molecule has 0 aliphatic carbocycles. The molecule has 1 aliphatic heterocycles. The smallest absolute Gasteiger partial charge is 0.338 e. The predicted octanol–water partition coefficient (Wildman–Crippen LogP) is 5.86. The summed E-state index contributed by atoms with van der Waals surface area (Å²) in [5.41, 5.74) is 3.76. The molecule has 0 amide bonds. The van der Waals surface area contributed by atoms with Crippen molar-refractivity contribution in [1.82, 2.24) is 4.57 Å². The summed E-state index contributed by atoms with van der Waals surface area (Å²) in [6.45, 7) is 8.37. The molecular weight excluding hydrogens is 520 g/mol. The quantitative estimate of drug-likeness (QED) is 0.256. The summed E-state index contributed by atoms with van der Waals surface area (Å²) in [5.74, 6) is 0.559. The highest BCUT2D eigenvalue weighted by Gasteiger charge is 2.37. The number of ether oxygens (including phenoxy) is 2. The van der Waals surface area contributed by atoms with E-state index in [1.807, 2.05) is 54.6 Å². The minimum Gasteiger partial charge on any atom is -0.496 e. The van der Waals surface area contributed by atoms with Gasteiger partial charge >= 0.3 is 5.97 Å². The third-order valence-electron chi connectivity index (χ3n) is 7.22. The van der Waals surface area contributed by atoms with Crippen LogP contribution in [0.25, 0.3) is 16.8 Å². The second-order valence-corrected chi connectivity index (χ2v) is 11.1. The molecule has 40 heavy (non-hydrogen) atoms. The van der Waals surface area contributed by atoms with E-state index in [1.165, 1.54) is 16.9 Å². The largest absolute Gasteiger partial charge is 0.496 e. The lowest BCUT2D eigenvalue weighted by atomic mass is 9.90. The van der Waals surface area contributed by atoms with Crippen LogP contribution in [0.5, 0.6) is 5.75 Å². The van der Waals surface area contributed by atoms with Gasteiger partial charge in [-0.3, -0.25) is 9.36 Å².